The number of amides is 1. The zero-order valence-electron chi connectivity index (χ0n) is 19.2. The fraction of sp³-hybridized carbons (Fsp3) is 0.333. The fourth-order valence-corrected chi connectivity index (χ4v) is 5.52. The number of nitrogens with one attached hydrogen (secondary N) is 1. The number of ether oxygens (including phenoxy) is 2. The van der Waals surface area contributed by atoms with Crippen LogP contribution in [-0.4, -0.2) is 55.7 Å². The lowest BCUT2D eigenvalue weighted by Crippen LogP contribution is -2.41. The molecule has 2 heterocycles. The lowest BCUT2D eigenvalue weighted by atomic mass is 9.97. The van der Waals surface area contributed by atoms with Gasteiger partial charge in [-0.15, -0.1) is 0 Å². The van der Waals surface area contributed by atoms with Crippen LogP contribution < -0.4 is 14.8 Å². The first-order valence-electron chi connectivity index (χ1n) is 11.0. The summed E-state index contributed by atoms with van der Waals surface area (Å²) >= 11 is 0. The number of benzene rings is 2. The van der Waals surface area contributed by atoms with E-state index in [0.717, 1.165) is 5.56 Å². The average Bonchev–Trinajstić information content (AvgIpc) is 3.30. The van der Waals surface area contributed by atoms with Crippen LogP contribution in [0.1, 0.15) is 18.4 Å². The second-order valence-corrected chi connectivity index (χ2v) is 9.98. The molecule has 1 saturated heterocycles. The van der Waals surface area contributed by atoms with Crippen LogP contribution in [0.3, 0.4) is 0 Å². The van der Waals surface area contributed by atoms with Gasteiger partial charge in [0.15, 0.2) is 11.5 Å². The Labute approximate surface area is 199 Å². The van der Waals surface area contributed by atoms with Crippen molar-refractivity contribution >= 4 is 21.7 Å². The maximum Gasteiger partial charge on any atom is 0.243 e. The van der Waals surface area contributed by atoms with Gasteiger partial charge in [0, 0.05) is 31.1 Å². The van der Waals surface area contributed by atoms with E-state index >= 15 is 0 Å². The maximum atomic E-state index is 13.1. The highest BCUT2D eigenvalue weighted by Gasteiger charge is 2.33. The van der Waals surface area contributed by atoms with Crippen molar-refractivity contribution in [2.75, 3.05) is 32.6 Å². The lowest BCUT2D eigenvalue weighted by molar-refractivity contribution is -0.121. The van der Waals surface area contributed by atoms with Crippen molar-refractivity contribution in [1.82, 2.24) is 14.1 Å². The van der Waals surface area contributed by atoms with Crippen molar-refractivity contribution in [1.29, 1.82) is 0 Å². The molecule has 1 amide bonds. The number of methoxy groups -OCH3 is 2. The zero-order chi connectivity index (χ0) is 24.1. The summed E-state index contributed by atoms with van der Waals surface area (Å²) in [6.45, 7) is 1.07. The van der Waals surface area contributed by atoms with Crippen molar-refractivity contribution < 1.29 is 22.7 Å². The predicted octanol–water partition coefficient (Wildman–Crippen LogP) is 2.99. The number of hydrogen-bond donors (Lipinski definition) is 1. The third-order valence-corrected chi connectivity index (χ3v) is 7.86. The summed E-state index contributed by atoms with van der Waals surface area (Å²) in [5, 5.41) is 7.27. The van der Waals surface area contributed by atoms with E-state index in [4.69, 9.17) is 9.47 Å². The van der Waals surface area contributed by atoms with Crippen LogP contribution in [0.2, 0.25) is 0 Å². The van der Waals surface area contributed by atoms with E-state index in [-0.39, 0.29) is 29.8 Å². The van der Waals surface area contributed by atoms with Gasteiger partial charge in [0.2, 0.25) is 15.9 Å². The van der Waals surface area contributed by atoms with E-state index in [0.29, 0.717) is 36.7 Å². The van der Waals surface area contributed by atoms with E-state index in [1.807, 2.05) is 30.3 Å². The van der Waals surface area contributed by atoms with Crippen LogP contribution in [0.5, 0.6) is 11.5 Å². The molecule has 0 spiro atoms. The molecule has 0 saturated carbocycles. The van der Waals surface area contributed by atoms with Crippen LogP contribution in [0, 0.1) is 5.92 Å². The minimum absolute atomic E-state index is 0.127. The summed E-state index contributed by atoms with van der Waals surface area (Å²) in [5.41, 5.74) is 1.08. The molecule has 9 nitrogen and oxygen atoms in total. The second kappa shape index (κ2) is 10.3. The molecule has 0 unspecified atom stereocenters. The number of carbonyl (C=O) groups is 1. The molecule has 1 aliphatic heterocycles. The highest BCUT2D eigenvalue weighted by molar-refractivity contribution is 7.89. The monoisotopic (exact) mass is 484 g/mol. The number of carbonyl (C=O) groups excluding carboxylic acids is 1. The molecule has 1 aromatic heterocycles. The van der Waals surface area contributed by atoms with Crippen molar-refractivity contribution in [2.24, 2.45) is 5.92 Å². The van der Waals surface area contributed by atoms with Gasteiger partial charge < -0.3 is 14.8 Å². The number of nitrogens with zero attached hydrogens (tertiary/aromatic N) is 3. The van der Waals surface area contributed by atoms with Crippen molar-refractivity contribution in [3.8, 4) is 11.5 Å². The Morgan fingerprint density at radius 3 is 2.41 bits per heavy atom. The maximum absolute atomic E-state index is 13.1. The Bertz CT molecular complexity index is 1240. The van der Waals surface area contributed by atoms with Crippen LogP contribution >= 0.6 is 0 Å². The molecule has 180 valence electrons. The summed E-state index contributed by atoms with van der Waals surface area (Å²) in [6.07, 6.45) is 2.52. The molecule has 0 bridgehead atoms. The normalized spacial score (nSPS) is 15.1. The molecular weight excluding hydrogens is 456 g/mol. The topological polar surface area (TPSA) is 103 Å². The average molecular weight is 485 g/mol. The van der Waals surface area contributed by atoms with Gasteiger partial charge in [-0.25, -0.2) is 13.1 Å². The first kappa shape index (κ1) is 23.8. The van der Waals surface area contributed by atoms with Crippen molar-refractivity contribution in [3.05, 3.63) is 66.4 Å². The fourth-order valence-electron chi connectivity index (χ4n) is 4.03. The summed E-state index contributed by atoms with van der Waals surface area (Å²) in [6, 6.07) is 16.2. The summed E-state index contributed by atoms with van der Waals surface area (Å²) in [5.74, 6) is 1.03. The van der Waals surface area contributed by atoms with Gasteiger partial charge >= 0.3 is 0 Å². The second-order valence-electron chi connectivity index (χ2n) is 8.04. The van der Waals surface area contributed by atoms with E-state index in [2.05, 4.69) is 10.4 Å². The highest BCUT2D eigenvalue weighted by atomic mass is 32.2. The third kappa shape index (κ3) is 5.07. The molecule has 1 fully saturated rings. The van der Waals surface area contributed by atoms with E-state index in [9.17, 15) is 13.2 Å². The standard InChI is InChI=1S/C24H28N4O5S/c1-32-21-9-8-20(16-22(21)33-2)34(30,31)27-14-11-19(12-15-27)24(29)26-23-10-13-25-28(23)17-18-6-4-3-5-7-18/h3-10,13,16,19H,11-12,14-15,17H2,1-2H3,(H,26,29). The van der Waals surface area contributed by atoms with Crippen LogP contribution in [0.4, 0.5) is 5.82 Å². The van der Waals surface area contributed by atoms with Gasteiger partial charge in [-0.3, -0.25) is 4.79 Å². The molecule has 10 heteroatoms. The molecule has 4 rings (SSSR count). The zero-order valence-corrected chi connectivity index (χ0v) is 20.0. The Hall–Kier alpha value is -3.37. The van der Waals surface area contributed by atoms with Crippen LogP contribution in [0.25, 0.3) is 0 Å². The first-order chi connectivity index (χ1) is 16.4. The molecule has 1 aliphatic rings. The lowest BCUT2D eigenvalue weighted by Gasteiger charge is -2.30. The number of sulfonamides is 1. The quantitative estimate of drug-likeness (QED) is 0.527. The number of hydrogen-bond acceptors (Lipinski definition) is 6. The van der Waals surface area contributed by atoms with Crippen molar-refractivity contribution in [2.45, 2.75) is 24.3 Å². The first-order valence-corrected chi connectivity index (χ1v) is 12.4. The largest absolute Gasteiger partial charge is 0.493 e. The summed E-state index contributed by atoms with van der Waals surface area (Å²) in [4.78, 5) is 13.0. The molecule has 3 aromatic rings. The SMILES string of the molecule is COc1ccc(S(=O)(=O)N2CCC(C(=O)Nc3ccnn3Cc3ccccc3)CC2)cc1OC. The Balaban J connectivity index is 1.38. The number of aromatic nitrogens is 2. The van der Waals surface area contributed by atoms with Crippen LogP contribution in [-0.2, 0) is 21.4 Å². The minimum atomic E-state index is -3.71. The Morgan fingerprint density at radius 1 is 1.03 bits per heavy atom. The third-order valence-electron chi connectivity index (χ3n) is 5.96. The van der Waals surface area contributed by atoms with Gasteiger partial charge in [-0.1, -0.05) is 30.3 Å². The van der Waals surface area contributed by atoms with E-state index in [1.54, 1.807) is 23.0 Å². The van der Waals surface area contributed by atoms with Gasteiger partial charge in [-0.05, 0) is 30.5 Å². The van der Waals surface area contributed by atoms with Gasteiger partial charge in [0.05, 0.1) is 31.9 Å². The molecule has 0 aliphatic carbocycles. The van der Waals surface area contributed by atoms with Crippen molar-refractivity contribution in [3.63, 3.8) is 0 Å². The van der Waals surface area contributed by atoms with Crippen LogP contribution in [0.15, 0.2) is 65.7 Å². The molecule has 0 atom stereocenters. The number of anilines is 1. The molecule has 1 N–H and O–H groups in total. The van der Waals surface area contributed by atoms with E-state index in [1.165, 1.54) is 30.7 Å². The highest BCUT2D eigenvalue weighted by Crippen LogP contribution is 2.32. The predicted molar refractivity (Wildman–Crippen MR) is 127 cm³/mol. The van der Waals surface area contributed by atoms with Gasteiger partial charge in [0.1, 0.15) is 5.82 Å². The minimum Gasteiger partial charge on any atom is -0.493 e. The summed E-state index contributed by atoms with van der Waals surface area (Å²) in [7, 11) is -0.749. The number of rotatable bonds is 8. The van der Waals surface area contributed by atoms with Gasteiger partial charge in [-0.2, -0.15) is 9.40 Å². The van der Waals surface area contributed by atoms with E-state index < -0.39 is 10.0 Å². The Kier molecular flexibility index (Phi) is 7.18. The summed E-state index contributed by atoms with van der Waals surface area (Å²) < 4.78 is 39.8. The number of piperidine rings is 1. The Morgan fingerprint density at radius 2 is 1.74 bits per heavy atom. The van der Waals surface area contributed by atoms with Gasteiger partial charge in [0.25, 0.3) is 0 Å². The molecule has 2 aromatic carbocycles. The molecule has 0 radical (unpaired) electrons. The molecular formula is C24H28N4O5S. The smallest absolute Gasteiger partial charge is 0.243 e. The molecule has 34 heavy (non-hydrogen) atoms.